The van der Waals surface area contributed by atoms with Gasteiger partial charge in [0.25, 0.3) is 0 Å². The molecule has 0 spiro atoms. The van der Waals surface area contributed by atoms with E-state index in [1.807, 2.05) is 0 Å². The molecule has 0 radical (unpaired) electrons. The van der Waals surface area contributed by atoms with Gasteiger partial charge in [0.15, 0.2) is 0 Å². The van der Waals surface area contributed by atoms with Crippen molar-refractivity contribution in [3.05, 3.63) is 59.2 Å². The number of anilines is 1. The van der Waals surface area contributed by atoms with Gasteiger partial charge in [-0.25, -0.2) is 0 Å². The first-order valence-corrected chi connectivity index (χ1v) is 8.09. The zero-order chi connectivity index (χ0) is 21.6. The number of primary amides is 1. The largest absolute Gasteiger partial charge is 0.435 e. The molecule has 29 heavy (non-hydrogen) atoms. The summed E-state index contributed by atoms with van der Waals surface area (Å²) in [5.74, 6) is -2.02. The van der Waals surface area contributed by atoms with Gasteiger partial charge < -0.3 is 20.5 Å². The van der Waals surface area contributed by atoms with Crippen molar-refractivity contribution in [2.45, 2.75) is 20.1 Å². The molecule has 0 aromatic heterocycles. The Hall–Kier alpha value is -3.56. The van der Waals surface area contributed by atoms with Gasteiger partial charge in [0.05, 0.1) is 0 Å². The summed E-state index contributed by atoms with van der Waals surface area (Å²) in [7, 11) is 0. The summed E-state index contributed by atoms with van der Waals surface area (Å²) in [4.78, 5) is 23.3. The SMILES string of the molecule is Cc1cc(NC(=O)/C=C/c2ccc(OC(F)F)cc2OC(F)F)ccc1C(N)=O. The molecule has 2 aromatic carbocycles. The van der Waals surface area contributed by atoms with Crippen LogP contribution in [0.15, 0.2) is 42.5 Å². The van der Waals surface area contributed by atoms with Crippen molar-refractivity contribution in [2.24, 2.45) is 5.73 Å². The van der Waals surface area contributed by atoms with E-state index < -0.39 is 30.8 Å². The van der Waals surface area contributed by atoms with E-state index in [4.69, 9.17) is 5.73 Å². The van der Waals surface area contributed by atoms with E-state index in [1.165, 1.54) is 30.3 Å². The van der Waals surface area contributed by atoms with E-state index in [0.717, 1.165) is 18.2 Å². The number of carbonyl (C=O) groups excluding carboxylic acids is 2. The topological polar surface area (TPSA) is 90.7 Å². The zero-order valence-electron chi connectivity index (χ0n) is 15.0. The highest BCUT2D eigenvalue weighted by atomic mass is 19.3. The monoisotopic (exact) mass is 412 g/mol. The van der Waals surface area contributed by atoms with Gasteiger partial charge in [-0.2, -0.15) is 17.6 Å². The standard InChI is InChI=1S/C19H16F4N2O4/c1-10-8-12(4-6-14(10)17(24)27)25-16(26)7-3-11-2-5-13(28-18(20)21)9-15(11)29-19(22)23/h2-9,18-19H,1H3,(H2,24,27)(H,25,26)/b7-3+. The molecular formula is C19H16F4N2O4. The third-order valence-electron chi connectivity index (χ3n) is 3.60. The fourth-order valence-corrected chi connectivity index (χ4v) is 2.39. The molecule has 0 aliphatic carbocycles. The van der Waals surface area contributed by atoms with Crippen molar-refractivity contribution < 1.29 is 36.6 Å². The van der Waals surface area contributed by atoms with Crippen LogP contribution in [0.4, 0.5) is 23.2 Å². The molecule has 2 amide bonds. The number of hydrogen-bond donors (Lipinski definition) is 2. The second kappa shape index (κ2) is 9.58. The van der Waals surface area contributed by atoms with Gasteiger partial charge in [-0.15, -0.1) is 0 Å². The van der Waals surface area contributed by atoms with Gasteiger partial charge in [0.1, 0.15) is 11.5 Å². The van der Waals surface area contributed by atoms with Crippen molar-refractivity contribution in [1.29, 1.82) is 0 Å². The van der Waals surface area contributed by atoms with Gasteiger partial charge >= 0.3 is 13.2 Å². The van der Waals surface area contributed by atoms with Crippen molar-refractivity contribution in [3.8, 4) is 11.5 Å². The summed E-state index contributed by atoms with van der Waals surface area (Å²) in [6.07, 6.45) is 2.21. The van der Waals surface area contributed by atoms with Crippen LogP contribution in [0.1, 0.15) is 21.5 Å². The van der Waals surface area contributed by atoms with E-state index in [1.54, 1.807) is 6.92 Å². The van der Waals surface area contributed by atoms with Gasteiger partial charge in [-0.3, -0.25) is 9.59 Å². The third kappa shape index (κ3) is 6.52. The molecule has 0 unspecified atom stereocenters. The number of benzene rings is 2. The maximum Gasteiger partial charge on any atom is 0.387 e. The first-order valence-electron chi connectivity index (χ1n) is 8.09. The van der Waals surface area contributed by atoms with Crippen LogP contribution in [-0.4, -0.2) is 25.0 Å². The minimum absolute atomic E-state index is 0.0438. The lowest BCUT2D eigenvalue weighted by Crippen LogP contribution is -2.13. The fourth-order valence-electron chi connectivity index (χ4n) is 2.39. The molecule has 0 saturated heterocycles. The van der Waals surface area contributed by atoms with Crippen LogP contribution in [0.3, 0.4) is 0 Å². The quantitative estimate of drug-likeness (QED) is 0.508. The van der Waals surface area contributed by atoms with E-state index in [9.17, 15) is 27.2 Å². The summed E-state index contributed by atoms with van der Waals surface area (Å²) in [5.41, 5.74) is 6.50. The summed E-state index contributed by atoms with van der Waals surface area (Å²) in [6.45, 7) is -4.70. The Morgan fingerprint density at radius 1 is 1.03 bits per heavy atom. The summed E-state index contributed by atoms with van der Waals surface area (Å²) < 4.78 is 58.1. The van der Waals surface area contributed by atoms with Gasteiger partial charge in [-0.1, -0.05) is 0 Å². The van der Waals surface area contributed by atoms with Crippen LogP contribution < -0.4 is 20.5 Å². The average molecular weight is 412 g/mol. The van der Waals surface area contributed by atoms with Crippen LogP contribution in [0.5, 0.6) is 11.5 Å². The number of nitrogens with one attached hydrogen (secondary N) is 1. The Morgan fingerprint density at radius 3 is 2.31 bits per heavy atom. The normalized spacial score (nSPS) is 11.1. The second-order valence-corrected chi connectivity index (χ2v) is 5.67. The number of aryl methyl sites for hydroxylation is 1. The first kappa shape index (κ1) is 21.7. The maximum absolute atomic E-state index is 12.6. The number of hydrogen-bond acceptors (Lipinski definition) is 4. The van der Waals surface area contributed by atoms with Crippen LogP contribution in [0, 0.1) is 6.92 Å². The van der Waals surface area contributed by atoms with Crippen LogP contribution in [-0.2, 0) is 4.79 Å². The molecule has 154 valence electrons. The Bertz CT molecular complexity index is 932. The molecule has 3 N–H and O–H groups in total. The number of nitrogens with two attached hydrogens (primary N) is 1. The number of amides is 2. The molecule has 0 heterocycles. The molecule has 0 atom stereocenters. The lowest BCUT2D eigenvalue weighted by molar-refractivity contribution is -0.111. The maximum atomic E-state index is 12.6. The highest BCUT2D eigenvalue weighted by Gasteiger charge is 2.13. The molecule has 0 bridgehead atoms. The predicted octanol–water partition coefficient (Wildman–Crippen LogP) is 3.95. The average Bonchev–Trinajstić information content (AvgIpc) is 2.59. The number of rotatable bonds is 8. The lowest BCUT2D eigenvalue weighted by Gasteiger charge is -2.11. The zero-order valence-corrected chi connectivity index (χ0v) is 15.0. The lowest BCUT2D eigenvalue weighted by atomic mass is 10.1. The van der Waals surface area contributed by atoms with Gasteiger partial charge in [-0.05, 0) is 48.9 Å². The summed E-state index contributed by atoms with van der Waals surface area (Å²) >= 11 is 0. The van der Waals surface area contributed by atoms with Gasteiger partial charge in [0, 0.05) is 29.0 Å². The molecule has 2 aromatic rings. The van der Waals surface area contributed by atoms with E-state index in [0.29, 0.717) is 16.8 Å². The Kier molecular flexibility index (Phi) is 7.18. The van der Waals surface area contributed by atoms with Crippen LogP contribution in [0.25, 0.3) is 6.08 Å². The number of ether oxygens (including phenoxy) is 2. The van der Waals surface area contributed by atoms with Gasteiger partial charge in [0.2, 0.25) is 11.8 Å². The van der Waals surface area contributed by atoms with E-state index in [-0.39, 0.29) is 11.3 Å². The van der Waals surface area contributed by atoms with Crippen LogP contribution >= 0.6 is 0 Å². The fraction of sp³-hybridized carbons (Fsp3) is 0.158. The summed E-state index contributed by atoms with van der Waals surface area (Å²) in [5, 5.41) is 2.53. The molecule has 10 heteroatoms. The van der Waals surface area contributed by atoms with Crippen LogP contribution in [0.2, 0.25) is 0 Å². The minimum atomic E-state index is -3.20. The van der Waals surface area contributed by atoms with Crippen molar-refractivity contribution in [3.63, 3.8) is 0 Å². The molecule has 0 saturated carbocycles. The summed E-state index contributed by atoms with van der Waals surface area (Å²) in [6, 6.07) is 7.63. The van der Waals surface area contributed by atoms with E-state index >= 15 is 0 Å². The highest BCUT2D eigenvalue weighted by molar-refractivity contribution is 6.02. The first-order chi connectivity index (χ1) is 13.7. The Morgan fingerprint density at radius 2 is 1.72 bits per heavy atom. The predicted molar refractivity (Wildman–Crippen MR) is 97.1 cm³/mol. The molecule has 6 nitrogen and oxygen atoms in total. The molecule has 0 fully saturated rings. The third-order valence-corrected chi connectivity index (χ3v) is 3.60. The molecule has 0 aliphatic heterocycles. The van der Waals surface area contributed by atoms with E-state index in [2.05, 4.69) is 14.8 Å². The highest BCUT2D eigenvalue weighted by Crippen LogP contribution is 2.28. The van der Waals surface area contributed by atoms with Crippen molar-refractivity contribution in [2.75, 3.05) is 5.32 Å². The minimum Gasteiger partial charge on any atom is -0.435 e. The second-order valence-electron chi connectivity index (χ2n) is 5.67. The number of carbonyl (C=O) groups is 2. The van der Waals surface area contributed by atoms with Crippen molar-refractivity contribution >= 4 is 23.6 Å². The molecule has 0 aliphatic rings. The Balaban J connectivity index is 2.16. The number of alkyl halides is 4. The Labute approximate surface area is 162 Å². The molecular weight excluding hydrogens is 396 g/mol. The molecule has 2 rings (SSSR count). The number of halogens is 4. The van der Waals surface area contributed by atoms with Crippen molar-refractivity contribution in [1.82, 2.24) is 0 Å². The smallest absolute Gasteiger partial charge is 0.387 e.